The predicted molar refractivity (Wildman–Crippen MR) is 103 cm³/mol. The van der Waals surface area contributed by atoms with E-state index in [0.29, 0.717) is 18.8 Å². The van der Waals surface area contributed by atoms with Gasteiger partial charge in [0.25, 0.3) is 0 Å². The fourth-order valence-corrected chi connectivity index (χ4v) is 3.37. The molecule has 0 aromatic rings. The molecule has 2 amide bonds. The number of hydrogen-bond donors (Lipinski definition) is 3. The lowest BCUT2D eigenvalue weighted by molar-refractivity contribution is -0.143. The summed E-state index contributed by atoms with van der Waals surface area (Å²) >= 11 is 0. The van der Waals surface area contributed by atoms with E-state index in [-0.39, 0.29) is 5.92 Å². The van der Waals surface area contributed by atoms with Crippen LogP contribution in [-0.2, 0) is 14.3 Å². The van der Waals surface area contributed by atoms with Gasteiger partial charge in [-0.3, -0.25) is 4.79 Å². The highest BCUT2D eigenvalue weighted by atomic mass is 16.6. The zero-order valence-electron chi connectivity index (χ0n) is 17.3. The van der Waals surface area contributed by atoms with E-state index in [1.165, 1.54) is 6.42 Å². The van der Waals surface area contributed by atoms with E-state index in [0.717, 1.165) is 25.7 Å². The fraction of sp³-hybridized carbons (Fsp3) is 0.850. The van der Waals surface area contributed by atoms with Gasteiger partial charge in [0.2, 0.25) is 5.91 Å². The van der Waals surface area contributed by atoms with Crippen LogP contribution in [0.2, 0.25) is 0 Å². The number of hydrogen-bond acceptors (Lipinski definition) is 4. The van der Waals surface area contributed by atoms with Crippen LogP contribution in [0.1, 0.15) is 79.6 Å². The Bertz CT molecular complexity index is 509. The van der Waals surface area contributed by atoms with Gasteiger partial charge < -0.3 is 20.5 Å². The average Bonchev–Trinajstić information content (AvgIpc) is 2.57. The van der Waals surface area contributed by atoms with E-state index in [1.807, 2.05) is 6.92 Å². The molecule has 3 atom stereocenters. The third kappa shape index (κ3) is 8.63. The van der Waals surface area contributed by atoms with Crippen LogP contribution in [0.25, 0.3) is 0 Å². The molecule has 156 valence electrons. The van der Waals surface area contributed by atoms with E-state index in [4.69, 9.17) is 4.74 Å². The van der Waals surface area contributed by atoms with Crippen LogP contribution in [0, 0.1) is 11.8 Å². The Hall–Kier alpha value is -1.79. The Labute approximate surface area is 162 Å². The Balaban J connectivity index is 2.85. The van der Waals surface area contributed by atoms with Crippen LogP contribution < -0.4 is 10.6 Å². The summed E-state index contributed by atoms with van der Waals surface area (Å²) in [5.74, 6) is -1.38. The van der Waals surface area contributed by atoms with E-state index in [1.54, 1.807) is 27.7 Å². The van der Waals surface area contributed by atoms with E-state index in [9.17, 15) is 19.5 Å². The van der Waals surface area contributed by atoms with Crippen molar-refractivity contribution in [3.63, 3.8) is 0 Å². The van der Waals surface area contributed by atoms with Crippen molar-refractivity contribution in [1.82, 2.24) is 10.6 Å². The van der Waals surface area contributed by atoms with Crippen LogP contribution in [0.3, 0.4) is 0 Å². The Morgan fingerprint density at radius 2 is 1.70 bits per heavy atom. The van der Waals surface area contributed by atoms with Crippen LogP contribution in [0.5, 0.6) is 0 Å². The molecule has 0 bridgehead atoms. The number of rotatable bonds is 8. The normalized spacial score (nSPS) is 18.9. The lowest BCUT2D eigenvalue weighted by Gasteiger charge is -2.29. The quantitative estimate of drug-likeness (QED) is 0.594. The molecule has 3 N–H and O–H groups in total. The second-order valence-corrected chi connectivity index (χ2v) is 8.65. The Morgan fingerprint density at radius 3 is 2.19 bits per heavy atom. The molecule has 0 aromatic carbocycles. The Morgan fingerprint density at radius 1 is 1.11 bits per heavy atom. The third-order valence-electron chi connectivity index (χ3n) is 5.08. The lowest BCUT2D eigenvalue weighted by Crippen LogP contribution is -2.54. The van der Waals surface area contributed by atoms with Crippen molar-refractivity contribution >= 4 is 18.0 Å². The summed E-state index contributed by atoms with van der Waals surface area (Å²) in [5, 5.41) is 14.7. The van der Waals surface area contributed by atoms with Gasteiger partial charge >= 0.3 is 12.1 Å². The van der Waals surface area contributed by atoms with Crippen molar-refractivity contribution in [2.24, 2.45) is 11.8 Å². The highest BCUT2D eigenvalue weighted by Gasteiger charge is 2.32. The molecule has 1 aliphatic carbocycles. The van der Waals surface area contributed by atoms with Crippen molar-refractivity contribution in [2.75, 3.05) is 0 Å². The van der Waals surface area contributed by atoms with Crippen molar-refractivity contribution in [3.05, 3.63) is 0 Å². The smallest absolute Gasteiger partial charge is 0.408 e. The summed E-state index contributed by atoms with van der Waals surface area (Å²) in [4.78, 5) is 36.5. The van der Waals surface area contributed by atoms with Crippen molar-refractivity contribution in [2.45, 2.75) is 97.2 Å². The maximum atomic E-state index is 12.8. The minimum Gasteiger partial charge on any atom is -0.480 e. The molecule has 0 radical (unpaired) electrons. The van der Waals surface area contributed by atoms with Gasteiger partial charge in [-0.05, 0) is 39.0 Å². The minimum atomic E-state index is -1.06. The minimum absolute atomic E-state index is 0.205. The molecular formula is C20H36N2O5. The average molecular weight is 385 g/mol. The first-order valence-electron chi connectivity index (χ1n) is 10.1. The number of carbonyl (C=O) groups excluding carboxylic acids is 2. The van der Waals surface area contributed by atoms with E-state index in [2.05, 4.69) is 10.6 Å². The van der Waals surface area contributed by atoms with Crippen LogP contribution in [0.15, 0.2) is 0 Å². The Kier molecular flexibility index (Phi) is 9.06. The molecule has 7 heteroatoms. The number of carbonyl (C=O) groups is 3. The SMILES string of the molecule is CCC(C)[C@H](NC(=O)[C@H](CC1CCCCC1)NC(=O)OC(C)(C)C)C(=O)O. The van der Waals surface area contributed by atoms with Gasteiger partial charge in [0.15, 0.2) is 0 Å². The number of alkyl carbamates (subject to hydrolysis) is 1. The van der Waals surface area contributed by atoms with E-state index >= 15 is 0 Å². The molecule has 0 aliphatic heterocycles. The van der Waals surface area contributed by atoms with Gasteiger partial charge in [-0.1, -0.05) is 52.4 Å². The van der Waals surface area contributed by atoms with Gasteiger partial charge in [0.1, 0.15) is 17.7 Å². The zero-order chi connectivity index (χ0) is 20.6. The molecule has 1 fully saturated rings. The zero-order valence-corrected chi connectivity index (χ0v) is 17.3. The first-order valence-corrected chi connectivity index (χ1v) is 10.1. The van der Waals surface area contributed by atoms with Crippen molar-refractivity contribution < 1.29 is 24.2 Å². The summed E-state index contributed by atoms with van der Waals surface area (Å²) in [6.07, 6.45) is 5.95. The molecule has 1 saturated carbocycles. The second kappa shape index (κ2) is 10.5. The second-order valence-electron chi connectivity index (χ2n) is 8.65. The highest BCUT2D eigenvalue weighted by Crippen LogP contribution is 2.27. The summed E-state index contributed by atoms with van der Waals surface area (Å²) < 4.78 is 5.28. The predicted octanol–water partition coefficient (Wildman–Crippen LogP) is 3.47. The summed E-state index contributed by atoms with van der Waals surface area (Å²) in [5.41, 5.74) is -0.670. The van der Waals surface area contributed by atoms with Gasteiger partial charge in [-0.15, -0.1) is 0 Å². The molecule has 0 saturated heterocycles. The van der Waals surface area contributed by atoms with Crippen molar-refractivity contribution in [3.8, 4) is 0 Å². The fourth-order valence-electron chi connectivity index (χ4n) is 3.37. The van der Waals surface area contributed by atoms with Crippen LogP contribution in [0.4, 0.5) is 4.79 Å². The van der Waals surface area contributed by atoms with Gasteiger partial charge in [-0.25, -0.2) is 9.59 Å². The molecule has 1 aliphatic rings. The van der Waals surface area contributed by atoms with Crippen LogP contribution in [-0.4, -0.2) is 40.8 Å². The number of amides is 2. The first kappa shape index (κ1) is 23.2. The molecule has 0 spiro atoms. The van der Waals surface area contributed by atoms with Gasteiger partial charge in [0.05, 0.1) is 0 Å². The van der Waals surface area contributed by atoms with Crippen molar-refractivity contribution in [1.29, 1.82) is 0 Å². The molecule has 1 unspecified atom stereocenters. The third-order valence-corrected chi connectivity index (χ3v) is 5.08. The summed E-state index contributed by atoms with van der Waals surface area (Å²) in [7, 11) is 0. The monoisotopic (exact) mass is 384 g/mol. The van der Waals surface area contributed by atoms with Gasteiger partial charge in [-0.2, -0.15) is 0 Å². The number of nitrogens with one attached hydrogen (secondary N) is 2. The van der Waals surface area contributed by atoms with E-state index < -0.39 is 35.7 Å². The number of aliphatic carboxylic acids is 1. The molecule has 1 rings (SSSR count). The first-order chi connectivity index (χ1) is 12.5. The number of ether oxygens (including phenoxy) is 1. The maximum absolute atomic E-state index is 12.8. The summed E-state index contributed by atoms with van der Waals surface area (Å²) in [6, 6.07) is -1.77. The molecule has 7 nitrogen and oxygen atoms in total. The lowest BCUT2D eigenvalue weighted by atomic mass is 9.84. The topological polar surface area (TPSA) is 105 Å². The standard InChI is InChI=1S/C20H36N2O5/c1-6-13(2)16(18(24)25)22-17(23)15(12-14-10-8-7-9-11-14)21-19(26)27-20(3,4)5/h13-16H,6-12H2,1-5H3,(H,21,26)(H,22,23)(H,24,25)/t13?,15-,16-/m0/s1. The maximum Gasteiger partial charge on any atom is 0.408 e. The molecule has 27 heavy (non-hydrogen) atoms. The largest absolute Gasteiger partial charge is 0.480 e. The molecular weight excluding hydrogens is 348 g/mol. The van der Waals surface area contributed by atoms with Crippen LogP contribution >= 0.6 is 0 Å². The highest BCUT2D eigenvalue weighted by molar-refractivity contribution is 5.89. The number of carboxylic acids is 1. The summed E-state index contributed by atoms with van der Waals surface area (Å²) in [6.45, 7) is 8.94. The molecule has 0 aromatic heterocycles. The molecule has 0 heterocycles. The number of carboxylic acid groups (broad SMARTS) is 1. The van der Waals surface area contributed by atoms with Gasteiger partial charge in [0, 0.05) is 0 Å².